The number of nitrogens with one attached hydrogen (secondary N) is 1. The van der Waals surface area contributed by atoms with Crippen LogP contribution in [0.1, 0.15) is 37.8 Å². The van der Waals surface area contributed by atoms with Gasteiger partial charge in [-0.1, -0.05) is 62.4 Å². The van der Waals surface area contributed by atoms with Gasteiger partial charge in [0.2, 0.25) is 5.91 Å². The lowest BCUT2D eigenvalue weighted by Crippen LogP contribution is -2.52. The van der Waals surface area contributed by atoms with Gasteiger partial charge in [0.25, 0.3) is 0 Å². The third-order valence-electron chi connectivity index (χ3n) is 5.57. The first kappa shape index (κ1) is 22.3. The molecule has 164 valence electrons. The Balaban J connectivity index is 1.69. The van der Waals surface area contributed by atoms with Crippen molar-refractivity contribution in [1.82, 2.24) is 10.2 Å². The Kier molecular flexibility index (Phi) is 6.95. The molecule has 0 aliphatic heterocycles. The summed E-state index contributed by atoms with van der Waals surface area (Å²) in [7, 11) is 0. The molecule has 7 heteroatoms. The van der Waals surface area contributed by atoms with E-state index < -0.39 is 30.6 Å². The second-order valence-electron chi connectivity index (χ2n) is 7.94. The molecule has 0 radical (unpaired) electrons. The lowest BCUT2D eigenvalue weighted by atomic mass is 9.98. The van der Waals surface area contributed by atoms with Crippen molar-refractivity contribution >= 4 is 18.0 Å². The zero-order chi connectivity index (χ0) is 22.5. The van der Waals surface area contributed by atoms with Gasteiger partial charge in [-0.25, -0.2) is 4.79 Å². The molecule has 0 spiro atoms. The molecule has 0 fully saturated rings. The molecule has 1 aliphatic carbocycles. The normalized spacial score (nSPS) is 13.3. The van der Waals surface area contributed by atoms with Crippen LogP contribution in [-0.2, 0) is 14.3 Å². The number of carboxylic acid groups (broad SMARTS) is 1. The van der Waals surface area contributed by atoms with Crippen molar-refractivity contribution in [2.75, 3.05) is 19.7 Å². The number of nitrogens with zero attached hydrogens (tertiary/aromatic N) is 1. The van der Waals surface area contributed by atoms with Gasteiger partial charge >= 0.3 is 12.1 Å². The number of carboxylic acids is 1. The molecule has 2 aromatic carbocycles. The monoisotopic (exact) mass is 424 g/mol. The van der Waals surface area contributed by atoms with E-state index in [0.717, 1.165) is 22.3 Å². The molecule has 2 aromatic rings. The van der Waals surface area contributed by atoms with E-state index in [0.29, 0.717) is 0 Å². The van der Waals surface area contributed by atoms with Crippen molar-refractivity contribution < 1.29 is 24.2 Å². The number of hydrogen-bond donors (Lipinski definition) is 2. The number of carbonyl (C=O) groups excluding carboxylic acids is 2. The van der Waals surface area contributed by atoms with E-state index in [1.165, 1.54) is 4.90 Å². The number of hydrogen-bond acceptors (Lipinski definition) is 4. The van der Waals surface area contributed by atoms with Gasteiger partial charge in [0.15, 0.2) is 0 Å². The van der Waals surface area contributed by atoms with Crippen molar-refractivity contribution in [2.45, 2.75) is 32.7 Å². The Morgan fingerprint density at radius 2 is 1.58 bits per heavy atom. The van der Waals surface area contributed by atoms with Crippen LogP contribution in [0.2, 0.25) is 0 Å². The molecule has 2 amide bonds. The largest absolute Gasteiger partial charge is 0.480 e. The van der Waals surface area contributed by atoms with E-state index in [1.54, 1.807) is 20.8 Å². The van der Waals surface area contributed by atoms with Crippen molar-refractivity contribution in [3.05, 3.63) is 59.7 Å². The van der Waals surface area contributed by atoms with Crippen LogP contribution < -0.4 is 5.32 Å². The Morgan fingerprint density at radius 3 is 2.06 bits per heavy atom. The highest BCUT2D eigenvalue weighted by Gasteiger charge is 2.32. The SMILES string of the molecule is CCN(CC(=O)O)C(=O)[C@@H](NC(=O)OCC1c2ccccc2-c2ccccc21)C(C)C. The van der Waals surface area contributed by atoms with Crippen LogP contribution in [-0.4, -0.2) is 53.7 Å². The standard InChI is InChI=1S/C24H28N2O5/c1-4-26(13-21(27)28)23(29)22(15(2)3)25-24(30)31-14-20-18-11-7-5-9-16(18)17-10-6-8-12-19(17)20/h5-12,15,20,22H,4,13-14H2,1-3H3,(H,25,30)(H,27,28)/t22-/m0/s1. The van der Waals surface area contributed by atoms with E-state index in [1.807, 2.05) is 36.4 Å². The smallest absolute Gasteiger partial charge is 0.407 e. The lowest BCUT2D eigenvalue weighted by molar-refractivity contribution is -0.145. The van der Waals surface area contributed by atoms with Gasteiger partial charge < -0.3 is 20.1 Å². The minimum Gasteiger partial charge on any atom is -0.480 e. The fourth-order valence-corrected chi connectivity index (χ4v) is 3.99. The van der Waals surface area contributed by atoms with Crippen LogP contribution in [0.15, 0.2) is 48.5 Å². The third-order valence-corrected chi connectivity index (χ3v) is 5.57. The molecule has 7 nitrogen and oxygen atoms in total. The molecule has 0 unspecified atom stereocenters. The first-order valence-corrected chi connectivity index (χ1v) is 10.5. The third kappa shape index (κ3) is 4.87. The summed E-state index contributed by atoms with van der Waals surface area (Å²) in [6, 6.07) is 15.2. The van der Waals surface area contributed by atoms with Crippen molar-refractivity contribution in [2.24, 2.45) is 5.92 Å². The molecule has 3 rings (SSSR count). The summed E-state index contributed by atoms with van der Waals surface area (Å²) in [5, 5.41) is 11.7. The first-order valence-electron chi connectivity index (χ1n) is 10.5. The second-order valence-corrected chi connectivity index (χ2v) is 7.94. The summed E-state index contributed by atoms with van der Waals surface area (Å²) < 4.78 is 5.53. The molecule has 0 aromatic heterocycles. The number of benzene rings is 2. The van der Waals surface area contributed by atoms with Gasteiger partial charge in [0, 0.05) is 12.5 Å². The average Bonchev–Trinajstić information content (AvgIpc) is 3.07. The van der Waals surface area contributed by atoms with Gasteiger partial charge in [-0.05, 0) is 35.1 Å². The average molecular weight is 424 g/mol. The molecule has 0 saturated carbocycles. The van der Waals surface area contributed by atoms with E-state index in [9.17, 15) is 14.4 Å². The Bertz CT molecular complexity index is 926. The van der Waals surface area contributed by atoms with Crippen LogP contribution in [0.25, 0.3) is 11.1 Å². The molecule has 0 saturated heterocycles. The van der Waals surface area contributed by atoms with Crippen LogP contribution in [0, 0.1) is 5.92 Å². The number of carbonyl (C=O) groups is 3. The van der Waals surface area contributed by atoms with E-state index in [-0.39, 0.29) is 25.0 Å². The number of alkyl carbamates (subject to hydrolysis) is 1. The Hall–Kier alpha value is -3.35. The number of fused-ring (bicyclic) bond motifs is 3. The highest BCUT2D eigenvalue weighted by atomic mass is 16.5. The van der Waals surface area contributed by atoms with Gasteiger partial charge in [-0.15, -0.1) is 0 Å². The molecule has 1 atom stereocenters. The van der Waals surface area contributed by atoms with Crippen LogP contribution >= 0.6 is 0 Å². The maximum atomic E-state index is 12.8. The summed E-state index contributed by atoms with van der Waals surface area (Å²) in [4.78, 5) is 37.6. The van der Waals surface area contributed by atoms with Crippen LogP contribution in [0.3, 0.4) is 0 Å². The van der Waals surface area contributed by atoms with E-state index >= 15 is 0 Å². The van der Waals surface area contributed by atoms with Gasteiger partial charge in [-0.3, -0.25) is 9.59 Å². The Morgan fingerprint density at radius 1 is 1.03 bits per heavy atom. The highest BCUT2D eigenvalue weighted by molar-refractivity contribution is 5.88. The fourth-order valence-electron chi connectivity index (χ4n) is 3.99. The number of likely N-dealkylation sites (N-methyl/N-ethyl adjacent to an activating group) is 1. The van der Waals surface area contributed by atoms with Gasteiger partial charge in [0.1, 0.15) is 19.2 Å². The molecule has 31 heavy (non-hydrogen) atoms. The summed E-state index contributed by atoms with van der Waals surface area (Å²) in [5.74, 6) is -1.84. The van der Waals surface area contributed by atoms with Crippen LogP contribution in [0.4, 0.5) is 4.79 Å². The minimum absolute atomic E-state index is 0.0782. The van der Waals surface area contributed by atoms with E-state index in [4.69, 9.17) is 9.84 Å². The number of amides is 2. The van der Waals surface area contributed by atoms with Crippen molar-refractivity contribution in [3.8, 4) is 11.1 Å². The topological polar surface area (TPSA) is 95.9 Å². The van der Waals surface area contributed by atoms with Crippen LogP contribution in [0.5, 0.6) is 0 Å². The number of ether oxygens (including phenoxy) is 1. The maximum Gasteiger partial charge on any atom is 0.407 e. The number of rotatable bonds is 8. The molecule has 0 bridgehead atoms. The summed E-state index contributed by atoms with van der Waals surface area (Å²) in [5.41, 5.74) is 4.47. The molecule has 2 N–H and O–H groups in total. The quantitative estimate of drug-likeness (QED) is 0.676. The predicted molar refractivity (Wildman–Crippen MR) is 117 cm³/mol. The second kappa shape index (κ2) is 9.64. The zero-order valence-corrected chi connectivity index (χ0v) is 18.0. The van der Waals surface area contributed by atoms with Gasteiger partial charge in [0.05, 0.1) is 0 Å². The van der Waals surface area contributed by atoms with E-state index in [2.05, 4.69) is 17.4 Å². The lowest BCUT2D eigenvalue weighted by Gasteiger charge is -2.28. The molecular weight excluding hydrogens is 396 g/mol. The first-order chi connectivity index (χ1) is 14.8. The van der Waals surface area contributed by atoms with Crippen molar-refractivity contribution in [3.63, 3.8) is 0 Å². The Labute approximate surface area is 182 Å². The zero-order valence-electron chi connectivity index (χ0n) is 18.0. The van der Waals surface area contributed by atoms with Crippen molar-refractivity contribution in [1.29, 1.82) is 0 Å². The molecular formula is C24H28N2O5. The summed E-state index contributed by atoms with van der Waals surface area (Å²) in [6.07, 6.45) is -0.694. The summed E-state index contributed by atoms with van der Waals surface area (Å²) in [6.45, 7) is 5.25. The predicted octanol–water partition coefficient (Wildman–Crippen LogP) is 3.48. The molecule has 1 aliphatic rings. The minimum atomic E-state index is -1.10. The fraction of sp³-hybridized carbons (Fsp3) is 0.375. The summed E-state index contributed by atoms with van der Waals surface area (Å²) >= 11 is 0. The molecule has 0 heterocycles. The maximum absolute atomic E-state index is 12.8. The van der Waals surface area contributed by atoms with Gasteiger partial charge in [-0.2, -0.15) is 0 Å². The number of aliphatic carboxylic acids is 1. The highest BCUT2D eigenvalue weighted by Crippen LogP contribution is 2.44.